The zero-order chi connectivity index (χ0) is 42.6. The van der Waals surface area contributed by atoms with Crippen molar-refractivity contribution in [2.45, 2.75) is 199 Å². The van der Waals surface area contributed by atoms with Gasteiger partial charge in [0.05, 0.1) is 36.4 Å². The molecule has 0 aromatic carbocycles. The summed E-state index contributed by atoms with van der Waals surface area (Å²) >= 11 is 0. The maximum atomic E-state index is 14.4. The first kappa shape index (κ1) is 49.4. The number of carbonyl (C=O) groups is 1. The lowest BCUT2D eigenvalue weighted by atomic mass is 9.72. The van der Waals surface area contributed by atoms with Gasteiger partial charge < -0.3 is 64.4 Å². The number of nitrogens with zero attached hydrogens (tertiary/aromatic N) is 1. The van der Waals surface area contributed by atoms with Gasteiger partial charge in [0.25, 0.3) is 0 Å². The minimum absolute atomic E-state index is 0.0562. The fourth-order valence-corrected chi connectivity index (χ4v) is 9.54. The second-order valence-corrected chi connectivity index (χ2v) is 18.8. The number of methoxy groups -OCH3 is 1. The van der Waals surface area contributed by atoms with Gasteiger partial charge in [-0.05, 0) is 99.2 Å². The Labute approximate surface area is 338 Å². The number of cyclic esters (lactones) is 1. The van der Waals surface area contributed by atoms with Crippen molar-refractivity contribution in [3.8, 4) is 0 Å². The molecule has 14 nitrogen and oxygen atoms in total. The lowest BCUT2D eigenvalue weighted by Gasteiger charge is -2.54. The molecule has 3 aliphatic heterocycles. The van der Waals surface area contributed by atoms with Crippen molar-refractivity contribution in [2.24, 2.45) is 23.2 Å². The minimum Gasteiger partial charge on any atom is -0.459 e. The summed E-state index contributed by atoms with van der Waals surface area (Å²) in [6.45, 7) is 24.2. The highest BCUT2D eigenvalue weighted by atomic mass is 16.7. The van der Waals surface area contributed by atoms with Gasteiger partial charge in [-0.15, -0.1) is 0 Å². The summed E-state index contributed by atoms with van der Waals surface area (Å²) < 4.78 is 38.9. The second-order valence-electron chi connectivity index (χ2n) is 18.8. The van der Waals surface area contributed by atoms with Crippen LogP contribution in [0.5, 0.6) is 0 Å². The molecule has 3 rings (SSSR count). The van der Waals surface area contributed by atoms with Gasteiger partial charge in [0.2, 0.25) is 0 Å². The third kappa shape index (κ3) is 11.0. The Bertz CT molecular complexity index is 1230. The van der Waals surface area contributed by atoms with Crippen LogP contribution in [-0.2, 0) is 33.2 Å². The third-order valence-electron chi connectivity index (χ3n) is 13.3. The van der Waals surface area contributed by atoms with Crippen molar-refractivity contribution in [1.82, 2.24) is 15.5 Å². The molecule has 56 heavy (non-hydrogen) atoms. The van der Waals surface area contributed by atoms with E-state index in [0.717, 1.165) is 6.42 Å². The number of hydrogen-bond acceptors (Lipinski definition) is 14. The van der Waals surface area contributed by atoms with Crippen LogP contribution >= 0.6 is 0 Å². The largest absolute Gasteiger partial charge is 0.459 e. The molecule has 3 fully saturated rings. The van der Waals surface area contributed by atoms with E-state index in [9.17, 15) is 25.2 Å². The van der Waals surface area contributed by atoms with Crippen LogP contribution in [0.15, 0.2) is 0 Å². The number of rotatable bonds is 11. The predicted molar refractivity (Wildman–Crippen MR) is 215 cm³/mol. The van der Waals surface area contributed by atoms with Crippen molar-refractivity contribution in [2.75, 3.05) is 40.8 Å². The molecular formula is C42H81N3O11. The molecule has 6 N–H and O–H groups in total. The van der Waals surface area contributed by atoms with Crippen LogP contribution in [0.1, 0.15) is 115 Å². The molecule has 0 spiro atoms. The minimum atomic E-state index is -1.74. The van der Waals surface area contributed by atoms with Crippen LogP contribution in [0.3, 0.4) is 0 Å². The molecule has 330 valence electrons. The number of ether oxygens (including phenoxy) is 6. The average molecular weight is 804 g/mol. The van der Waals surface area contributed by atoms with Gasteiger partial charge in [-0.25, -0.2) is 0 Å². The lowest BCUT2D eigenvalue weighted by Crippen LogP contribution is -2.70. The number of aliphatic hydroxyl groups is 4. The Morgan fingerprint density at radius 3 is 2.18 bits per heavy atom. The van der Waals surface area contributed by atoms with Gasteiger partial charge in [-0.2, -0.15) is 0 Å². The van der Waals surface area contributed by atoms with Gasteiger partial charge in [0.1, 0.15) is 29.0 Å². The topological polar surface area (TPSA) is 181 Å². The Kier molecular flexibility index (Phi) is 17.7. The highest BCUT2D eigenvalue weighted by Crippen LogP contribution is 2.44. The molecule has 0 radical (unpaired) electrons. The molecule has 0 aromatic heterocycles. The molecule has 14 heteroatoms. The molecule has 17 atom stereocenters. The molecule has 0 bridgehead atoms. The van der Waals surface area contributed by atoms with Crippen LogP contribution in [0.25, 0.3) is 0 Å². The molecule has 0 aliphatic carbocycles. The maximum Gasteiger partial charge on any atom is 0.311 e. The summed E-state index contributed by atoms with van der Waals surface area (Å²) in [5.41, 5.74) is -4.82. The van der Waals surface area contributed by atoms with E-state index in [1.807, 2.05) is 53.6 Å². The lowest BCUT2D eigenvalue weighted by molar-refractivity contribution is -0.334. The van der Waals surface area contributed by atoms with E-state index in [1.54, 1.807) is 21.0 Å². The molecular weight excluding hydrogens is 722 g/mol. The van der Waals surface area contributed by atoms with Crippen LogP contribution in [0.2, 0.25) is 0 Å². The van der Waals surface area contributed by atoms with E-state index in [1.165, 1.54) is 6.92 Å². The molecule has 0 aromatic rings. The normalized spacial score (nSPS) is 46.2. The van der Waals surface area contributed by atoms with Gasteiger partial charge >= 0.3 is 5.97 Å². The summed E-state index contributed by atoms with van der Waals surface area (Å²) in [7, 11) is 5.43. The first-order valence-corrected chi connectivity index (χ1v) is 21.2. The number of hydrogen-bond donors (Lipinski definition) is 6. The van der Waals surface area contributed by atoms with E-state index in [2.05, 4.69) is 38.3 Å². The van der Waals surface area contributed by atoms with Gasteiger partial charge in [-0.1, -0.05) is 41.5 Å². The monoisotopic (exact) mass is 804 g/mol. The van der Waals surface area contributed by atoms with Crippen LogP contribution in [-0.4, -0.2) is 156 Å². The van der Waals surface area contributed by atoms with Gasteiger partial charge in [0, 0.05) is 44.6 Å². The molecule has 3 saturated heterocycles. The van der Waals surface area contributed by atoms with E-state index >= 15 is 0 Å². The maximum absolute atomic E-state index is 14.4. The zero-order valence-corrected chi connectivity index (χ0v) is 37.3. The van der Waals surface area contributed by atoms with E-state index in [0.29, 0.717) is 25.9 Å². The van der Waals surface area contributed by atoms with Crippen molar-refractivity contribution in [3.05, 3.63) is 0 Å². The Morgan fingerprint density at radius 1 is 0.964 bits per heavy atom. The van der Waals surface area contributed by atoms with Gasteiger partial charge in [-0.3, -0.25) is 4.79 Å². The number of carbonyl (C=O) groups excluding carboxylic acids is 1. The second kappa shape index (κ2) is 20.0. The Morgan fingerprint density at radius 2 is 1.61 bits per heavy atom. The molecule has 0 unspecified atom stereocenters. The first-order valence-electron chi connectivity index (χ1n) is 21.2. The van der Waals surface area contributed by atoms with E-state index in [-0.39, 0.29) is 43.5 Å². The standard InChI is InChI=1S/C42H81N3O11/c1-16-18-43-23-42(50)29(8)53-32(21-40(42,11)51-15)55-34-27(6)36(56-38-33(46)30(45(13)14)19-26(5)52-38)39(9,10)20-25(4)44-22-24(3)35(47)41(12,49)31(17-2)54-37(48)28(34)7/h24-36,38,43-44,46-47,49-50H,16-23H2,1-15H3/t24-,25+,26+,27-,28+,29-,30-,31+,32+,33+,34+,35+,36+,38-,40-,41+,42+/m0/s1. The first-order chi connectivity index (χ1) is 25.9. The quantitative estimate of drug-likeness (QED) is 0.132. The summed E-state index contributed by atoms with van der Waals surface area (Å²) in [6, 6.07) is -0.258. The van der Waals surface area contributed by atoms with Crippen molar-refractivity contribution in [1.29, 1.82) is 0 Å². The summed E-state index contributed by atoms with van der Waals surface area (Å²) in [5, 5.41) is 53.8. The van der Waals surface area contributed by atoms with Gasteiger partial charge in [0.15, 0.2) is 12.6 Å². The number of esters is 1. The number of aliphatic hydroxyl groups excluding tert-OH is 2. The average Bonchev–Trinajstić information content (AvgIpc) is 3.12. The zero-order valence-electron chi connectivity index (χ0n) is 37.3. The third-order valence-corrected chi connectivity index (χ3v) is 13.3. The smallest absolute Gasteiger partial charge is 0.311 e. The predicted octanol–water partition coefficient (Wildman–Crippen LogP) is 3.20. The van der Waals surface area contributed by atoms with Crippen molar-refractivity contribution < 1.29 is 53.6 Å². The Hall–Kier alpha value is -1.01. The van der Waals surface area contributed by atoms with Crippen LogP contribution in [0, 0.1) is 23.2 Å². The molecule has 0 amide bonds. The van der Waals surface area contributed by atoms with E-state index < -0.39 is 89.2 Å². The fraction of sp³-hybridized carbons (Fsp3) is 0.976. The number of nitrogens with one attached hydrogen (secondary N) is 2. The van der Waals surface area contributed by atoms with Crippen molar-refractivity contribution >= 4 is 5.97 Å². The SMILES string of the molecule is CCCNC[C@@]1(O)[C@H](C)O[C@H](O[C@@H]2[C@H](C)[C@@H](O[C@@H]3O[C@H](C)C[C@H](N(C)C)[C@H]3O)C(C)(C)C[C@@H](C)NC[C@H](C)[C@@H](O)[C@](C)(O)[C@@H](CC)OC(=O)[C@@H]2C)C[C@]1(C)OC. The summed E-state index contributed by atoms with van der Waals surface area (Å²) in [4.78, 5) is 16.4. The van der Waals surface area contributed by atoms with Crippen LogP contribution < -0.4 is 10.6 Å². The summed E-state index contributed by atoms with van der Waals surface area (Å²) in [6.07, 6.45) is -4.89. The molecule has 3 aliphatic rings. The Balaban J connectivity index is 2.16. The molecule has 0 saturated carbocycles. The molecule has 3 heterocycles. The summed E-state index contributed by atoms with van der Waals surface area (Å²) in [5.74, 6) is -2.43. The highest BCUT2D eigenvalue weighted by molar-refractivity contribution is 5.73. The fourth-order valence-electron chi connectivity index (χ4n) is 9.54. The highest BCUT2D eigenvalue weighted by Gasteiger charge is 2.58. The number of likely N-dealkylation sites (N-methyl/N-ethyl adjacent to an activating group) is 1. The van der Waals surface area contributed by atoms with E-state index in [4.69, 9.17) is 28.4 Å². The van der Waals surface area contributed by atoms with Crippen molar-refractivity contribution in [3.63, 3.8) is 0 Å². The van der Waals surface area contributed by atoms with Crippen LogP contribution in [0.4, 0.5) is 0 Å².